The molecule has 0 aliphatic heterocycles. The summed E-state index contributed by atoms with van der Waals surface area (Å²) in [6.45, 7) is 0.756. The maximum Gasteiger partial charge on any atom is 0.277 e. The zero-order valence-electron chi connectivity index (χ0n) is 9.74. The minimum Gasteiger partial charge on any atom is -0.391 e. The van der Waals surface area contributed by atoms with Gasteiger partial charge in [-0.1, -0.05) is 19.3 Å². The van der Waals surface area contributed by atoms with Gasteiger partial charge < -0.3 is 16.0 Å². The minimum absolute atomic E-state index is 0.0643. The molecule has 5 nitrogen and oxygen atoms in total. The van der Waals surface area contributed by atoms with Crippen molar-refractivity contribution in [3.05, 3.63) is 15.1 Å². The number of nitrogens with one attached hydrogen (secondary N) is 1. The van der Waals surface area contributed by atoms with Gasteiger partial charge in [-0.2, -0.15) is 0 Å². The molecule has 1 saturated carbocycles. The highest BCUT2D eigenvalue weighted by atomic mass is 32.1. The second-order valence-electron chi connectivity index (χ2n) is 4.67. The standard InChI is InChI=1S/C11H18N4OS/c12-8-9(13)15(11(17)14-10(8)16)6-7-4-2-1-3-5-7/h7H,1-6,12-13H2,(H,14,16,17). The molecule has 0 unspecified atom stereocenters. The maximum atomic E-state index is 11.4. The number of anilines is 2. The van der Waals surface area contributed by atoms with E-state index in [4.69, 9.17) is 23.7 Å². The molecule has 0 aromatic carbocycles. The summed E-state index contributed by atoms with van der Waals surface area (Å²) in [4.78, 5) is 13.9. The topological polar surface area (TPSA) is 89.8 Å². The molecule has 6 heteroatoms. The highest BCUT2D eigenvalue weighted by Gasteiger charge is 2.16. The highest BCUT2D eigenvalue weighted by molar-refractivity contribution is 7.71. The Labute approximate surface area is 105 Å². The number of aromatic nitrogens is 2. The van der Waals surface area contributed by atoms with Gasteiger partial charge in [-0.15, -0.1) is 0 Å². The Bertz CT molecular complexity index is 513. The van der Waals surface area contributed by atoms with E-state index >= 15 is 0 Å². The van der Waals surface area contributed by atoms with Crippen molar-refractivity contribution in [2.75, 3.05) is 11.5 Å². The first kappa shape index (κ1) is 12.2. The Morgan fingerprint density at radius 3 is 2.59 bits per heavy atom. The monoisotopic (exact) mass is 254 g/mol. The predicted molar refractivity (Wildman–Crippen MR) is 71.3 cm³/mol. The van der Waals surface area contributed by atoms with Crippen LogP contribution in [0.4, 0.5) is 11.5 Å². The largest absolute Gasteiger partial charge is 0.391 e. The number of rotatable bonds is 2. The Kier molecular flexibility index (Phi) is 3.51. The molecule has 1 heterocycles. The molecule has 2 rings (SSSR count). The van der Waals surface area contributed by atoms with Gasteiger partial charge in [0.2, 0.25) is 0 Å². The van der Waals surface area contributed by atoms with Crippen LogP contribution in [-0.2, 0) is 6.54 Å². The van der Waals surface area contributed by atoms with Crippen molar-refractivity contribution >= 4 is 23.7 Å². The van der Waals surface area contributed by atoms with Gasteiger partial charge in [-0.25, -0.2) is 0 Å². The van der Waals surface area contributed by atoms with Crippen LogP contribution in [0.3, 0.4) is 0 Å². The lowest BCUT2D eigenvalue weighted by Gasteiger charge is -2.23. The molecule has 0 radical (unpaired) electrons. The quantitative estimate of drug-likeness (QED) is 0.700. The number of nitrogen functional groups attached to an aromatic ring is 2. The molecule has 1 aliphatic rings. The van der Waals surface area contributed by atoms with E-state index in [0.29, 0.717) is 16.5 Å². The van der Waals surface area contributed by atoms with Crippen LogP contribution in [-0.4, -0.2) is 9.55 Å². The summed E-state index contributed by atoms with van der Waals surface area (Å²) in [6, 6.07) is 0. The van der Waals surface area contributed by atoms with Crippen LogP contribution in [0.15, 0.2) is 4.79 Å². The number of hydrogen-bond donors (Lipinski definition) is 3. The van der Waals surface area contributed by atoms with E-state index in [1.165, 1.54) is 32.1 Å². The van der Waals surface area contributed by atoms with Crippen LogP contribution in [0.1, 0.15) is 32.1 Å². The van der Waals surface area contributed by atoms with Gasteiger partial charge in [-0.3, -0.25) is 9.78 Å². The third kappa shape index (κ3) is 2.52. The Morgan fingerprint density at radius 1 is 1.29 bits per heavy atom. The fourth-order valence-corrected chi connectivity index (χ4v) is 2.68. The summed E-state index contributed by atoms with van der Waals surface area (Å²) >= 11 is 5.13. The smallest absolute Gasteiger partial charge is 0.277 e. The molecule has 1 aliphatic carbocycles. The molecular formula is C11H18N4OS. The van der Waals surface area contributed by atoms with Crippen LogP contribution in [0, 0.1) is 10.7 Å². The van der Waals surface area contributed by atoms with E-state index in [9.17, 15) is 4.79 Å². The highest BCUT2D eigenvalue weighted by Crippen LogP contribution is 2.26. The van der Waals surface area contributed by atoms with E-state index in [-0.39, 0.29) is 5.69 Å². The van der Waals surface area contributed by atoms with Crippen molar-refractivity contribution in [1.29, 1.82) is 0 Å². The van der Waals surface area contributed by atoms with Crippen molar-refractivity contribution in [3.8, 4) is 0 Å². The average molecular weight is 254 g/mol. The van der Waals surface area contributed by atoms with Crippen LogP contribution >= 0.6 is 12.2 Å². The van der Waals surface area contributed by atoms with Gasteiger partial charge >= 0.3 is 0 Å². The van der Waals surface area contributed by atoms with Crippen molar-refractivity contribution in [2.24, 2.45) is 5.92 Å². The molecule has 1 aromatic heterocycles. The van der Waals surface area contributed by atoms with Crippen LogP contribution in [0.25, 0.3) is 0 Å². The molecule has 1 aromatic rings. The minimum atomic E-state index is -0.396. The SMILES string of the molecule is Nc1c(N)n(CC2CCCCC2)c(=S)[nH]c1=O. The molecule has 0 atom stereocenters. The van der Waals surface area contributed by atoms with E-state index in [1.54, 1.807) is 4.57 Å². The summed E-state index contributed by atoms with van der Waals surface area (Å²) < 4.78 is 2.12. The van der Waals surface area contributed by atoms with Gasteiger partial charge in [0.25, 0.3) is 5.56 Å². The lowest BCUT2D eigenvalue weighted by atomic mass is 9.89. The normalized spacial score (nSPS) is 17.2. The molecule has 0 amide bonds. The van der Waals surface area contributed by atoms with E-state index in [1.807, 2.05) is 0 Å². The first-order valence-electron chi connectivity index (χ1n) is 5.97. The summed E-state index contributed by atoms with van der Waals surface area (Å²) in [7, 11) is 0. The van der Waals surface area contributed by atoms with Gasteiger partial charge in [0.15, 0.2) is 4.77 Å². The molecule has 5 N–H and O–H groups in total. The molecule has 0 saturated heterocycles. The number of H-pyrrole nitrogens is 1. The van der Waals surface area contributed by atoms with Crippen LogP contribution in [0.2, 0.25) is 0 Å². The summed E-state index contributed by atoms with van der Waals surface area (Å²) in [6.07, 6.45) is 6.22. The molecule has 17 heavy (non-hydrogen) atoms. The fraction of sp³-hybridized carbons (Fsp3) is 0.636. The van der Waals surface area contributed by atoms with E-state index < -0.39 is 5.56 Å². The maximum absolute atomic E-state index is 11.4. The molecule has 0 bridgehead atoms. The van der Waals surface area contributed by atoms with Crippen molar-refractivity contribution in [1.82, 2.24) is 9.55 Å². The van der Waals surface area contributed by atoms with E-state index in [0.717, 1.165) is 6.54 Å². The van der Waals surface area contributed by atoms with Gasteiger partial charge in [0, 0.05) is 6.54 Å². The Hall–Kier alpha value is -1.30. The third-order valence-electron chi connectivity index (χ3n) is 3.44. The zero-order chi connectivity index (χ0) is 12.4. The average Bonchev–Trinajstić information content (AvgIpc) is 2.33. The summed E-state index contributed by atoms with van der Waals surface area (Å²) in [5, 5.41) is 0. The molecule has 1 fully saturated rings. The number of aromatic amines is 1. The van der Waals surface area contributed by atoms with Gasteiger partial charge in [0.05, 0.1) is 0 Å². The molecule has 0 spiro atoms. The van der Waals surface area contributed by atoms with E-state index in [2.05, 4.69) is 4.98 Å². The Balaban J connectivity index is 2.29. The summed E-state index contributed by atoms with van der Waals surface area (Å²) in [5.41, 5.74) is 11.1. The van der Waals surface area contributed by atoms with Gasteiger partial charge in [-0.05, 0) is 31.0 Å². The van der Waals surface area contributed by atoms with Crippen LogP contribution < -0.4 is 17.0 Å². The van der Waals surface area contributed by atoms with Crippen molar-refractivity contribution in [3.63, 3.8) is 0 Å². The van der Waals surface area contributed by atoms with Crippen molar-refractivity contribution in [2.45, 2.75) is 38.6 Å². The third-order valence-corrected chi connectivity index (χ3v) is 3.76. The second kappa shape index (κ2) is 4.91. The second-order valence-corrected chi connectivity index (χ2v) is 5.06. The number of nitrogens with two attached hydrogens (primary N) is 2. The first-order chi connectivity index (χ1) is 8.09. The number of hydrogen-bond acceptors (Lipinski definition) is 4. The Morgan fingerprint density at radius 2 is 1.94 bits per heavy atom. The number of nitrogens with zero attached hydrogens (tertiary/aromatic N) is 1. The predicted octanol–water partition coefficient (Wildman–Crippen LogP) is 1.65. The lowest BCUT2D eigenvalue weighted by molar-refractivity contribution is 0.318. The van der Waals surface area contributed by atoms with Crippen molar-refractivity contribution < 1.29 is 0 Å². The van der Waals surface area contributed by atoms with Crippen LogP contribution in [0.5, 0.6) is 0 Å². The first-order valence-corrected chi connectivity index (χ1v) is 6.38. The molecular weight excluding hydrogens is 236 g/mol. The lowest BCUT2D eigenvalue weighted by Crippen LogP contribution is -2.24. The fourth-order valence-electron chi connectivity index (χ4n) is 2.41. The summed E-state index contributed by atoms with van der Waals surface area (Å²) in [5.74, 6) is 0.882. The molecule has 94 valence electrons. The van der Waals surface area contributed by atoms with Gasteiger partial charge in [0.1, 0.15) is 11.5 Å². The zero-order valence-corrected chi connectivity index (χ0v) is 10.6.